The average Bonchev–Trinajstić information content (AvgIpc) is 3.02. The summed E-state index contributed by atoms with van der Waals surface area (Å²) in [6.07, 6.45) is 0.184. The number of rotatable bonds is 5. The minimum absolute atomic E-state index is 0.172. The van der Waals surface area contributed by atoms with Crippen molar-refractivity contribution in [3.8, 4) is 0 Å². The van der Waals surface area contributed by atoms with Gasteiger partial charge in [-0.05, 0) is 61.6 Å². The number of carbonyl (C=O) groups is 2. The molecular weight excluding hydrogens is 426 g/mol. The van der Waals surface area contributed by atoms with Crippen molar-refractivity contribution in [3.63, 3.8) is 0 Å². The summed E-state index contributed by atoms with van der Waals surface area (Å²) < 4.78 is 0. The fraction of sp³-hybridized carbons (Fsp3) is 0.125. The summed E-state index contributed by atoms with van der Waals surface area (Å²) in [5, 5.41) is 6.32. The summed E-state index contributed by atoms with van der Waals surface area (Å²) in [5.41, 5.74) is 3.41. The monoisotopic (exact) mass is 447 g/mol. The van der Waals surface area contributed by atoms with E-state index in [0.29, 0.717) is 10.8 Å². The first-order valence-corrected chi connectivity index (χ1v) is 11.1. The molecule has 3 aromatic rings. The predicted octanol–water partition coefficient (Wildman–Crippen LogP) is 5.23. The van der Waals surface area contributed by atoms with Gasteiger partial charge in [0, 0.05) is 22.7 Å². The highest BCUT2D eigenvalue weighted by Gasteiger charge is 2.40. The number of aryl methyl sites for hydroxylation is 1. The van der Waals surface area contributed by atoms with E-state index in [1.807, 2.05) is 85.8 Å². The number of hydrogen-bond acceptors (Lipinski definition) is 4. The molecule has 1 aliphatic rings. The molecular formula is C24H21N3O2S2. The molecule has 0 bridgehead atoms. The molecule has 1 saturated heterocycles. The molecule has 0 unspecified atom stereocenters. The molecule has 7 heteroatoms. The number of nitrogens with one attached hydrogen (secondary N) is 2. The lowest BCUT2D eigenvalue weighted by atomic mass is 10.2. The number of amides is 2. The Labute approximate surface area is 190 Å². The molecule has 0 radical (unpaired) electrons. The van der Waals surface area contributed by atoms with Gasteiger partial charge in [0.05, 0.1) is 10.9 Å². The number of nitrogens with zero attached hydrogens (tertiary/aromatic N) is 1. The molecule has 156 valence electrons. The number of benzene rings is 3. The van der Waals surface area contributed by atoms with Crippen molar-refractivity contribution in [2.24, 2.45) is 0 Å². The van der Waals surface area contributed by atoms with Gasteiger partial charge in [-0.3, -0.25) is 9.59 Å². The van der Waals surface area contributed by atoms with Crippen LogP contribution in [0.25, 0.3) is 0 Å². The molecule has 1 atom stereocenters. The summed E-state index contributed by atoms with van der Waals surface area (Å²) in [6.45, 7) is 1.97. The van der Waals surface area contributed by atoms with Crippen molar-refractivity contribution >= 4 is 58.0 Å². The Balaban J connectivity index is 1.41. The third-order valence-corrected chi connectivity index (χ3v) is 6.18. The Morgan fingerprint density at radius 2 is 1.61 bits per heavy atom. The van der Waals surface area contributed by atoms with Crippen molar-refractivity contribution in [1.29, 1.82) is 0 Å². The summed E-state index contributed by atoms with van der Waals surface area (Å²) in [5.74, 6) is -0.354. The fourth-order valence-corrected chi connectivity index (χ4v) is 4.64. The van der Waals surface area contributed by atoms with E-state index in [4.69, 9.17) is 12.2 Å². The predicted molar refractivity (Wildman–Crippen MR) is 131 cm³/mol. The van der Waals surface area contributed by atoms with Gasteiger partial charge in [-0.2, -0.15) is 0 Å². The molecule has 2 amide bonds. The second kappa shape index (κ2) is 9.32. The first kappa shape index (κ1) is 21.1. The zero-order valence-corrected chi connectivity index (χ0v) is 18.5. The van der Waals surface area contributed by atoms with Crippen LogP contribution in [0, 0.1) is 6.92 Å². The van der Waals surface area contributed by atoms with Crippen molar-refractivity contribution < 1.29 is 9.59 Å². The smallest absolute Gasteiger partial charge is 0.247 e. The summed E-state index contributed by atoms with van der Waals surface area (Å²) in [7, 11) is 0. The molecule has 5 nitrogen and oxygen atoms in total. The highest BCUT2D eigenvalue weighted by Crippen LogP contribution is 2.34. The second-order valence-electron chi connectivity index (χ2n) is 7.19. The van der Waals surface area contributed by atoms with E-state index < -0.39 is 5.25 Å². The number of hydrogen-bond donors (Lipinski definition) is 2. The summed E-state index contributed by atoms with van der Waals surface area (Å²) in [6, 6.07) is 24.7. The van der Waals surface area contributed by atoms with E-state index in [-0.39, 0.29) is 18.2 Å². The summed E-state index contributed by atoms with van der Waals surface area (Å²) in [4.78, 5) is 27.6. The maximum Gasteiger partial charge on any atom is 0.247 e. The Kier molecular flexibility index (Phi) is 6.34. The van der Waals surface area contributed by atoms with Crippen LogP contribution in [0.2, 0.25) is 0 Å². The Morgan fingerprint density at radius 3 is 2.35 bits per heavy atom. The van der Waals surface area contributed by atoms with Gasteiger partial charge in [0.1, 0.15) is 0 Å². The molecule has 1 fully saturated rings. The Hall–Kier alpha value is -3.16. The van der Waals surface area contributed by atoms with Gasteiger partial charge in [0.15, 0.2) is 5.11 Å². The van der Waals surface area contributed by atoms with E-state index in [1.54, 1.807) is 0 Å². The molecule has 1 heterocycles. The number of para-hydroxylation sites is 1. The number of thiocarbonyl (C=S) groups is 1. The van der Waals surface area contributed by atoms with Crippen LogP contribution in [-0.2, 0) is 9.59 Å². The Morgan fingerprint density at radius 1 is 0.935 bits per heavy atom. The molecule has 2 N–H and O–H groups in total. The van der Waals surface area contributed by atoms with Crippen LogP contribution >= 0.6 is 24.0 Å². The zero-order chi connectivity index (χ0) is 21.8. The van der Waals surface area contributed by atoms with Gasteiger partial charge in [0.2, 0.25) is 11.8 Å². The first-order valence-electron chi connectivity index (χ1n) is 9.83. The van der Waals surface area contributed by atoms with Gasteiger partial charge >= 0.3 is 0 Å². The number of anilines is 3. The van der Waals surface area contributed by atoms with Gasteiger partial charge in [-0.15, -0.1) is 11.8 Å². The fourth-order valence-electron chi connectivity index (χ4n) is 3.29. The molecule has 4 rings (SSSR count). The standard InChI is InChI=1S/C24H21N3O2S2/c1-16-10-12-19(13-11-16)27-22(28)15-21(23(27)29)31-20-9-5-8-18(14-20)26-24(30)25-17-6-3-2-4-7-17/h2-14,21H,15H2,1H3,(H2,25,26,30)/t21-/m1/s1. The molecule has 1 aliphatic heterocycles. The van der Waals surface area contributed by atoms with Crippen LogP contribution in [0.1, 0.15) is 12.0 Å². The SMILES string of the molecule is Cc1ccc(N2C(=O)C[C@@H](Sc3cccc(NC(=S)Nc4ccccc4)c3)C2=O)cc1. The average molecular weight is 448 g/mol. The van der Waals surface area contributed by atoms with Crippen molar-refractivity contribution in [1.82, 2.24) is 0 Å². The van der Waals surface area contributed by atoms with Crippen molar-refractivity contribution in [2.45, 2.75) is 23.5 Å². The van der Waals surface area contributed by atoms with Crippen LogP contribution in [0.4, 0.5) is 17.1 Å². The molecule has 31 heavy (non-hydrogen) atoms. The summed E-state index contributed by atoms with van der Waals surface area (Å²) >= 11 is 6.78. The molecule has 3 aromatic carbocycles. The minimum atomic E-state index is -0.446. The maximum atomic E-state index is 12.9. The zero-order valence-electron chi connectivity index (χ0n) is 16.9. The first-order chi connectivity index (χ1) is 15.0. The van der Waals surface area contributed by atoms with Crippen LogP contribution in [0.5, 0.6) is 0 Å². The highest BCUT2D eigenvalue weighted by molar-refractivity contribution is 8.00. The molecule has 0 spiro atoms. The number of carbonyl (C=O) groups excluding carboxylic acids is 2. The van der Waals surface area contributed by atoms with Gasteiger partial charge in [0.25, 0.3) is 0 Å². The molecule has 0 saturated carbocycles. The normalized spacial score (nSPS) is 15.8. The maximum absolute atomic E-state index is 12.9. The van der Waals surface area contributed by atoms with Crippen LogP contribution in [0.3, 0.4) is 0 Å². The second-order valence-corrected chi connectivity index (χ2v) is 8.87. The van der Waals surface area contributed by atoms with Crippen molar-refractivity contribution in [2.75, 3.05) is 15.5 Å². The molecule has 0 aromatic heterocycles. The van der Waals surface area contributed by atoms with E-state index in [1.165, 1.54) is 16.7 Å². The number of imide groups is 1. The van der Waals surface area contributed by atoms with E-state index in [0.717, 1.165) is 21.8 Å². The van der Waals surface area contributed by atoms with Gasteiger partial charge in [-0.1, -0.05) is 42.0 Å². The van der Waals surface area contributed by atoms with Crippen LogP contribution < -0.4 is 15.5 Å². The topological polar surface area (TPSA) is 61.4 Å². The van der Waals surface area contributed by atoms with Gasteiger partial charge < -0.3 is 10.6 Å². The lowest BCUT2D eigenvalue weighted by Crippen LogP contribution is -2.31. The largest absolute Gasteiger partial charge is 0.332 e. The number of thioether (sulfide) groups is 1. The lowest BCUT2D eigenvalue weighted by molar-refractivity contribution is -0.121. The van der Waals surface area contributed by atoms with Gasteiger partial charge in [-0.25, -0.2) is 4.90 Å². The quantitative estimate of drug-likeness (QED) is 0.413. The highest BCUT2D eigenvalue weighted by atomic mass is 32.2. The third-order valence-electron chi connectivity index (χ3n) is 4.80. The van der Waals surface area contributed by atoms with Crippen LogP contribution in [-0.4, -0.2) is 22.2 Å². The van der Waals surface area contributed by atoms with Crippen molar-refractivity contribution in [3.05, 3.63) is 84.4 Å². The third kappa shape index (κ3) is 5.13. The van der Waals surface area contributed by atoms with E-state index in [9.17, 15) is 9.59 Å². The van der Waals surface area contributed by atoms with E-state index in [2.05, 4.69) is 10.6 Å². The van der Waals surface area contributed by atoms with E-state index >= 15 is 0 Å². The Bertz CT molecular complexity index is 1120. The lowest BCUT2D eigenvalue weighted by Gasteiger charge is -2.15. The minimum Gasteiger partial charge on any atom is -0.332 e. The molecule has 0 aliphatic carbocycles. The van der Waals surface area contributed by atoms with Crippen LogP contribution in [0.15, 0.2) is 83.8 Å².